The molecule has 6 nitrogen and oxygen atoms in total. The molecule has 0 aliphatic carbocycles. The predicted octanol–water partition coefficient (Wildman–Crippen LogP) is 1.99. The van der Waals surface area contributed by atoms with E-state index < -0.39 is 17.8 Å². The van der Waals surface area contributed by atoms with Gasteiger partial charge in [-0.25, -0.2) is 4.79 Å². The molecular weight excluding hydrogens is 260 g/mol. The van der Waals surface area contributed by atoms with E-state index in [2.05, 4.69) is 10.6 Å². The second-order valence-corrected chi connectivity index (χ2v) is 5.47. The maximum atomic E-state index is 11.6. The lowest BCUT2D eigenvalue weighted by molar-refractivity contribution is 0.0636. The third kappa shape index (κ3) is 5.07. The van der Waals surface area contributed by atoms with Crippen molar-refractivity contribution < 1.29 is 19.7 Å². The van der Waals surface area contributed by atoms with Gasteiger partial charge in [0.1, 0.15) is 11.4 Å². The number of anilines is 1. The lowest BCUT2D eigenvalue weighted by Crippen LogP contribution is -2.27. The maximum Gasteiger partial charge on any atom is 0.412 e. The second-order valence-electron chi connectivity index (χ2n) is 5.47. The standard InChI is InChI=1S/C14H22N2O4/c1-14(2,3)20-13(19)16-9-5-6-10(11(17)7-9)12(18)8-15-4/h5-7,12,15,17-18H,8H2,1-4H3,(H,16,19). The van der Waals surface area contributed by atoms with Gasteiger partial charge in [0.05, 0.1) is 6.10 Å². The summed E-state index contributed by atoms with van der Waals surface area (Å²) >= 11 is 0. The van der Waals surface area contributed by atoms with E-state index in [1.165, 1.54) is 6.07 Å². The maximum absolute atomic E-state index is 11.6. The van der Waals surface area contributed by atoms with Crippen molar-refractivity contribution in [2.75, 3.05) is 18.9 Å². The van der Waals surface area contributed by atoms with Crippen molar-refractivity contribution in [3.8, 4) is 5.75 Å². The average molecular weight is 282 g/mol. The molecule has 0 heterocycles. The summed E-state index contributed by atoms with van der Waals surface area (Å²) in [7, 11) is 1.71. The van der Waals surface area contributed by atoms with Crippen LogP contribution in [-0.4, -0.2) is 35.5 Å². The number of hydrogen-bond acceptors (Lipinski definition) is 5. The highest BCUT2D eigenvalue weighted by Crippen LogP contribution is 2.27. The molecule has 1 rings (SSSR count). The molecule has 0 spiro atoms. The number of aromatic hydroxyl groups is 1. The molecule has 1 aromatic rings. The number of carbonyl (C=O) groups is 1. The SMILES string of the molecule is CNCC(O)c1ccc(NC(=O)OC(C)(C)C)cc1O. The summed E-state index contributed by atoms with van der Waals surface area (Å²) < 4.78 is 5.11. The van der Waals surface area contributed by atoms with E-state index in [0.717, 1.165) is 0 Å². The fraction of sp³-hybridized carbons (Fsp3) is 0.500. The molecule has 0 saturated carbocycles. The van der Waals surface area contributed by atoms with Crippen molar-refractivity contribution in [2.24, 2.45) is 0 Å². The lowest BCUT2D eigenvalue weighted by Gasteiger charge is -2.20. The van der Waals surface area contributed by atoms with Crippen LogP contribution in [0, 0.1) is 0 Å². The van der Waals surface area contributed by atoms with Gasteiger partial charge in [-0.3, -0.25) is 5.32 Å². The van der Waals surface area contributed by atoms with Crippen LogP contribution in [0.15, 0.2) is 18.2 Å². The van der Waals surface area contributed by atoms with E-state index in [4.69, 9.17) is 4.74 Å². The van der Waals surface area contributed by atoms with Gasteiger partial charge in [0.25, 0.3) is 0 Å². The first kappa shape index (κ1) is 16.3. The molecule has 6 heteroatoms. The largest absolute Gasteiger partial charge is 0.507 e. The number of likely N-dealkylation sites (N-methyl/N-ethyl adjacent to an activating group) is 1. The predicted molar refractivity (Wildman–Crippen MR) is 76.9 cm³/mol. The van der Waals surface area contributed by atoms with Crippen molar-refractivity contribution >= 4 is 11.8 Å². The lowest BCUT2D eigenvalue weighted by atomic mass is 10.1. The number of aliphatic hydroxyl groups excluding tert-OH is 1. The molecule has 20 heavy (non-hydrogen) atoms. The number of carbonyl (C=O) groups excluding carboxylic acids is 1. The third-order valence-electron chi connectivity index (χ3n) is 2.43. The minimum atomic E-state index is -0.810. The van der Waals surface area contributed by atoms with E-state index in [1.807, 2.05) is 0 Å². The Labute approximate surface area is 118 Å². The number of phenolic OH excluding ortho intramolecular Hbond substituents is 1. The molecule has 1 unspecified atom stereocenters. The van der Waals surface area contributed by atoms with Crippen molar-refractivity contribution in [3.63, 3.8) is 0 Å². The number of amides is 1. The van der Waals surface area contributed by atoms with Crippen molar-refractivity contribution in [1.82, 2.24) is 5.32 Å². The van der Waals surface area contributed by atoms with Gasteiger partial charge in [-0.05, 0) is 33.9 Å². The molecule has 0 radical (unpaired) electrons. The van der Waals surface area contributed by atoms with Gasteiger partial charge in [0, 0.05) is 23.9 Å². The zero-order valence-corrected chi connectivity index (χ0v) is 12.2. The van der Waals surface area contributed by atoms with Crippen molar-refractivity contribution in [1.29, 1.82) is 0 Å². The van der Waals surface area contributed by atoms with E-state index >= 15 is 0 Å². The Morgan fingerprint density at radius 1 is 1.40 bits per heavy atom. The average Bonchev–Trinajstić information content (AvgIpc) is 2.26. The van der Waals surface area contributed by atoms with Crippen molar-refractivity contribution in [3.05, 3.63) is 23.8 Å². The summed E-state index contributed by atoms with van der Waals surface area (Å²) in [5.74, 6) is -0.0821. The van der Waals surface area contributed by atoms with Crippen LogP contribution in [-0.2, 0) is 4.74 Å². The topological polar surface area (TPSA) is 90.8 Å². The Kier molecular flexibility index (Phi) is 5.35. The Morgan fingerprint density at radius 3 is 2.55 bits per heavy atom. The third-order valence-corrected chi connectivity index (χ3v) is 2.43. The molecule has 0 aromatic heterocycles. The number of rotatable bonds is 4. The first-order chi connectivity index (χ1) is 9.23. The number of aliphatic hydroxyl groups is 1. The fourth-order valence-corrected chi connectivity index (χ4v) is 1.63. The highest BCUT2D eigenvalue weighted by molar-refractivity contribution is 5.85. The summed E-state index contributed by atoms with van der Waals surface area (Å²) in [4.78, 5) is 11.6. The molecule has 4 N–H and O–H groups in total. The molecule has 1 aromatic carbocycles. The highest BCUT2D eigenvalue weighted by atomic mass is 16.6. The highest BCUT2D eigenvalue weighted by Gasteiger charge is 2.17. The van der Waals surface area contributed by atoms with Gasteiger partial charge in [-0.2, -0.15) is 0 Å². The van der Waals surface area contributed by atoms with Crippen LogP contribution in [0.5, 0.6) is 5.75 Å². The summed E-state index contributed by atoms with van der Waals surface area (Å²) in [6, 6.07) is 4.53. The molecule has 0 saturated heterocycles. The normalized spacial score (nSPS) is 12.8. The molecule has 0 aliphatic rings. The van der Waals surface area contributed by atoms with E-state index in [9.17, 15) is 15.0 Å². The zero-order chi connectivity index (χ0) is 15.3. The number of nitrogens with one attached hydrogen (secondary N) is 2. The smallest absolute Gasteiger partial charge is 0.412 e. The minimum absolute atomic E-state index is 0.0821. The Morgan fingerprint density at radius 2 is 2.05 bits per heavy atom. The molecule has 0 bridgehead atoms. The molecule has 112 valence electrons. The van der Waals surface area contributed by atoms with Gasteiger partial charge >= 0.3 is 6.09 Å². The van der Waals surface area contributed by atoms with Gasteiger partial charge < -0.3 is 20.3 Å². The van der Waals surface area contributed by atoms with E-state index in [0.29, 0.717) is 17.8 Å². The number of benzene rings is 1. The Hall–Kier alpha value is -1.79. The minimum Gasteiger partial charge on any atom is -0.507 e. The van der Waals surface area contributed by atoms with Gasteiger partial charge in [0.2, 0.25) is 0 Å². The van der Waals surface area contributed by atoms with Crippen LogP contribution < -0.4 is 10.6 Å². The fourth-order valence-electron chi connectivity index (χ4n) is 1.63. The van der Waals surface area contributed by atoms with Crippen LogP contribution in [0.2, 0.25) is 0 Å². The molecule has 0 aliphatic heterocycles. The van der Waals surface area contributed by atoms with Crippen LogP contribution in [0.3, 0.4) is 0 Å². The number of hydrogen-bond donors (Lipinski definition) is 4. The van der Waals surface area contributed by atoms with Crippen molar-refractivity contribution in [2.45, 2.75) is 32.5 Å². The van der Waals surface area contributed by atoms with Crippen LogP contribution in [0.25, 0.3) is 0 Å². The Bertz CT molecular complexity index is 469. The van der Waals surface area contributed by atoms with Crippen LogP contribution in [0.4, 0.5) is 10.5 Å². The van der Waals surface area contributed by atoms with Gasteiger partial charge in [-0.1, -0.05) is 6.07 Å². The molecule has 0 fully saturated rings. The summed E-state index contributed by atoms with van der Waals surface area (Å²) in [5.41, 5.74) is 0.209. The molecule has 1 amide bonds. The monoisotopic (exact) mass is 282 g/mol. The van der Waals surface area contributed by atoms with E-state index in [-0.39, 0.29) is 5.75 Å². The first-order valence-corrected chi connectivity index (χ1v) is 6.38. The molecule has 1 atom stereocenters. The summed E-state index contributed by atoms with van der Waals surface area (Å²) in [5, 5.41) is 25.0. The summed E-state index contributed by atoms with van der Waals surface area (Å²) in [6.45, 7) is 5.62. The number of ether oxygens (including phenoxy) is 1. The Balaban J connectivity index is 2.75. The quantitative estimate of drug-likeness (QED) is 0.678. The summed E-state index contributed by atoms with van der Waals surface area (Å²) in [6.07, 6.45) is -1.41. The van der Waals surface area contributed by atoms with Gasteiger partial charge in [0.15, 0.2) is 0 Å². The van der Waals surface area contributed by atoms with Crippen LogP contribution >= 0.6 is 0 Å². The molecular formula is C14H22N2O4. The van der Waals surface area contributed by atoms with Crippen LogP contribution in [0.1, 0.15) is 32.4 Å². The zero-order valence-electron chi connectivity index (χ0n) is 12.2. The van der Waals surface area contributed by atoms with E-state index in [1.54, 1.807) is 40.0 Å². The van der Waals surface area contributed by atoms with Gasteiger partial charge in [-0.15, -0.1) is 0 Å². The second kappa shape index (κ2) is 6.58. The first-order valence-electron chi connectivity index (χ1n) is 6.38. The number of phenols is 1.